The second kappa shape index (κ2) is 11.8. The van der Waals surface area contributed by atoms with E-state index in [1.807, 2.05) is 42.5 Å². The number of benzene rings is 3. The zero-order chi connectivity index (χ0) is 22.7. The third kappa shape index (κ3) is 6.66. The van der Waals surface area contributed by atoms with Crippen molar-refractivity contribution in [2.24, 2.45) is 0 Å². The van der Waals surface area contributed by atoms with Gasteiger partial charge in [0, 0.05) is 19.5 Å². The molecule has 0 aliphatic heterocycles. The molecule has 33 heavy (non-hydrogen) atoms. The van der Waals surface area contributed by atoms with E-state index in [9.17, 15) is 4.79 Å². The number of nitrogens with zero attached hydrogens (tertiary/aromatic N) is 2. The lowest BCUT2D eigenvalue weighted by atomic mass is 10.1. The van der Waals surface area contributed by atoms with Crippen LogP contribution < -0.4 is 5.32 Å². The first-order valence-corrected chi connectivity index (χ1v) is 11.8. The molecule has 1 heterocycles. The molecule has 0 fully saturated rings. The first kappa shape index (κ1) is 22.5. The van der Waals surface area contributed by atoms with Gasteiger partial charge in [-0.1, -0.05) is 91.4 Å². The molecule has 0 bridgehead atoms. The topological polar surface area (TPSA) is 46.9 Å². The van der Waals surface area contributed by atoms with Crippen LogP contribution in [0.5, 0.6) is 0 Å². The predicted octanol–water partition coefficient (Wildman–Crippen LogP) is 5.82. The smallest absolute Gasteiger partial charge is 0.224 e. The van der Waals surface area contributed by atoms with Crippen LogP contribution in [-0.2, 0) is 24.2 Å². The van der Waals surface area contributed by atoms with Crippen LogP contribution in [0.3, 0.4) is 0 Å². The Hall–Kier alpha value is -3.66. The summed E-state index contributed by atoms with van der Waals surface area (Å²) in [5, 5.41) is 3.04. The lowest BCUT2D eigenvalue weighted by Gasteiger charge is -2.08. The molecule has 4 aromatic rings. The normalized spacial score (nSPS) is 11.3. The number of amides is 1. The van der Waals surface area contributed by atoms with E-state index in [1.165, 1.54) is 11.1 Å². The summed E-state index contributed by atoms with van der Waals surface area (Å²) in [4.78, 5) is 17.0. The Labute approximate surface area is 196 Å². The van der Waals surface area contributed by atoms with Crippen molar-refractivity contribution in [3.8, 4) is 0 Å². The molecule has 0 radical (unpaired) electrons. The highest BCUT2D eigenvalue weighted by molar-refractivity contribution is 5.78. The molecule has 0 saturated heterocycles. The summed E-state index contributed by atoms with van der Waals surface area (Å²) in [6.45, 7) is 1.53. The number of aromatic nitrogens is 2. The predicted molar refractivity (Wildman–Crippen MR) is 136 cm³/mol. The van der Waals surface area contributed by atoms with E-state index in [0.29, 0.717) is 6.42 Å². The molecule has 1 N–H and O–H groups in total. The molecule has 0 unspecified atom stereocenters. The molecule has 4 rings (SSSR count). The Kier molecular flexibility index (Phi) is 8.07. The SMILES string of the molecule is O=C(Cc1ccccc1)NCCCCCc1nc2ccccc2n1C/C=C/c1ccccc1. The molecule has 4 heteroatoms. The Morgan fingerprint density at radius 2 is 1.58 bits per heavy atom. The van der Waals surface area contributed by atoms with Crippen LogP contribution in [0.1, 0.15) is 36.2 Å². The maximum atomic E-state index is 12.1. The number of allylic oxidation sites excluding steroid dienone is 1. The molecule has 3 aromatic carbocycles. The summed E-state index contributed by atoms with van der Waals surface area (Å²) < 4.78 is 2.32. The van der Waals surface area contributed by atoms with Gasteiger partial charge in [0.1, 0.15) is 5.82 Å². The van der Waals surface area contributed by atoms with Gasteiger partial charge < -0.3 is 9.88 Å². The molecule has 1 aromatic heterocycles. The molecule has 0 aliphatic carbocycles. The largest absolute Gasteiger partial charge is 0.356 e. The van der Waals surface area contributed by atoms with Gasteiger partial charge in [0.05, 0.1) is 17.5 Å². The summed E-state index contributed by atoms with van der Waals surface area (Å²) in [6, 6.07) is 28.6. The van der Waals surface area contributed by atoms with Crippen molar-refractivity contribution in [3.05, 3.63) is 108 Å². The molecular weight excluding hydrogens is 406 g/mol. The fourth-order valence-electron chi connectivity index (χ4n) is 4.03. The van der Waals surface area contributed by atoms with Gasteiger partial charge in [-0.3, -0.25) is 4.79 Å². The number of fused-ring (bicyclic) bond motifs is 1. The zero-order valence-corrected chi connectivity index (χ0v) is 19.0. The monoisotopic (exact) mass is 437 g/mol. The third-order valence-electron chi connectivity index (χ3n) is 5.74. The minimum Gasteiger partial charge on any atom is -0.356 e. The van der Waals surface area contributed by atoms with Crippen LogP contribution in [0, 0.1) is 0 Å². The lowest BCUT2D eigenvalue weighted by molar-refractivity contribution is -0.120. The van der Waals surface area contributed by atoms with Crippen molar-refractivity contribution in [2.45, 2.75) is 38.6 Å². The number of hydrogen-bond acceptors (Lipinski definition) is 2. The summed E-state index contributed by atoms with van der Waals surface area (Å²) in [7, 11) is 0. The second-order valence-corrected chi connectivity index (χ2v) is 8.26. The molecular formula is C29H31N3O. The maximum absolute atomic E-state index is 12.1. The summed E-state index contributed by atoms with van der Waals surface area (Å²) in [5.74, 6) is 1.22. The molecule has 0 spiro atoms. The van der Waals surface area contributed by atoms with E-state index in [2.05, 4.69) is 64.5 Å². The van der Waals surface area contributed by atoms with Crippen molar-refractivity contribution in [1.82, 2.24) is 14.9 Å². The Morgan fingerprint density at radius 1 is 0.848 bits per heavy atom. The summed E-state index contributed by atoms with van der Waals surface area (Å²) in [5.41, 5.74) is 4.49. The average molecular weight is 438 g/mol. The van der Waals surface area contributed by atoms with Crippen LogP contribution in [0.15, 0.2) is 91.0 Å². The van der Waals surface area contributed by atoms with Crippen molar-refractivity contribution >= 4 is 23.0 Å². The summed E-state index contributed by atoms with van der Waals surface area (Å²) >= 11 is 0. The van der Waals surface area contributed by atoms with Gasteiger partial charge in [0.15, 0.2) is 0 Å². The van der Waals surface area contributed by atoms with E-state index in [-0.39, 0.29) is 5.91 Å². The van der Waals surface area contributed by atoms with Gasteiger partial charge in [0.25, 0.3) is 0 Å². The highest BCUT2D eigenvalue weighted by Crippen LogP contribution is 2.18. The van der Waals surface area contributed by atoms with Crippen LogP contribution in [0.25, 0.3) is 17.1 Å². The van der Waals surface area contributed by atoms with Gasteiger partial charge >= 0.3 is 0 Å². The minimum atomic E-state index is 0.0909. The number of imidazole rings is 1. The Bertz CT molecular complexity index is 1180. The van der Waals surface area contributed by atoms with Crippen LogP contribution in [-0.4, -0.2) is 22.0 Å². The van der Waals surface area contributed by atoms with E-state index in [4.69, 9.17) is 4.98 Å². The molecule has 4 nitrogen and oxygen atoms in total. The zero-order valence-electron chi connectivity index (χ0n) is 19.0. The van der Waals surface area contributed by atoms with Crippen molar-refractivity contribution < 1.29 is 4.79 Å². The van der Waals surface area contributed by atoms with E-state index < -0.39 is 0 Å². The fourth-order valence-corrected chi connectivity index (χ4v) is 4.03. The molecule has 1 amide bonds. The van der Waals surface area contributed by atoms with E-state index in [1.54, 1.807) is 0 Å². The first-order valence-electron chi connectivity index (χ1n) is 11.8. The van der Waals surface area contributed by atoms with E-state index in [0.717, 1.165) is 55.7 Å². The van der Waals surface area contributed by atoms with E-state index >= 15 is 0 Å². The Balaban J connectivity index is 1.26. The number of hydrogen-bond donors (Lipinski definition) is 1. The van der Waals surface area contributed by atoms with Gasteiger partial charge in [-0.2, -0.15) is 0 Å². The highest BCUT2D eigenvalue weighted by Gasteiger charge is 2.09. The summed E-state index contributed by atoms with van der Waals surface area (Å²) in [6.07, 6.45) is 8.85. The standard InChI is InChI=1S/C29H31N3O/c33-29(23-25-15-6-2-7-16-25)30-21-11-3-8-20-28-31-26-18-9-10-19-27(26)32(28)22-12-17-24-13-4-1-5-14-24/h1-2,4-7,9-10,12-19H,3,8,11,20-23H2,(H,30,33)/b17-12+. The van der Waals surface area contributed by atoms with Gasteiger partial charge in [-0.25, -0.2) is 4.98 Å². The third-order valence-corrected chi connectivity index (χ3v) is 5.74. The second-order valence-electron chi connectivity index (χ2n) is 8.26. The van der Waals surface area contributed by atoms with Crippen LogP contribution >= 0.6 is 0 Å². The quantitative estimate of drug-likeness (QED) is 0.301. The first-order chi connectivity index (χ1) is 16.3. The molecule has 0 atom stereocenters. The maximum Gasteiger partial charge on any atom is 0.224 e. The number of aryl methyl sites for hydroxylation is 1. The molecule has 168 valence electrons. The minimum absolute atomic E-state index is 0.0909. The van der Waals surface area contributed by atoms with Crippen LogP contribution in [0.2, 0.25) is 0 Å². The number of para-hydroxylation sites is 2. The number of carbonyl (C=O) groups is 1. The van der Waals surface area contributed by atoms with Gasteiger partial charge in [-0.15, -0.1) is 0 Å². The van der Waals surface area contributed by atoms with Crippen LogP contribution in [0.4, 0.5) is 0 Å². The number of nitrogens with one attached hydrogen (secondary N) is 1. The fraction of sp³-hybridized carbons (Fsp3) is 0.241. The van der Waals surface area contributed by atoms with Gasteiger partial charge in [0.2, 0.25) is 5.91 Å². The van der Waals surface area contributed by atoms with Crippen molar-refractivity contribution in [1.29, 1.82) is 0 Å². The van der Waals surface area contributed by atoms with Crippen molar-refractivity contribution in [3.63, 3.8) is 0 Å². The average Bonchev–Trinajstić information content (AvgIpc) is 3.20. The van der Waals surface area contributed by atoms with Gasteiger partial charge in [-0.05, 0) is 36.1 Å². The highest BCUT2D eigenvalue weighted by atomic mass is 16.1. The number of carbonyl (C=O) groups excluding carboxylic acids is 1. The number of unbranched alkanes of at least 4 members (excludes halogenated alkanes) is 2. The molecule has 0 aliphatic rings. The lowest BCUT2D eigenvalue weighted by Crippen LogP contribution is -2.26. The van der Waals surface area contributed by atoms with Crippen molar-refractivity contribution in [2.75, 3.05) is 6.54 Å². The Morgan fingerprint density at radius 3 is 2.39 bits per heavy atom. The number of rotatable bonds is 11. The molecule has 0 saturated carbocycles.